The first kappa shape index (κ1) is 11.9. The summed E-state index contributed by atoms with van der Waals surface area (Å²) in [4.78, 5) is 4.17. The highest BCUT2D eigenvalue weighted by atomic mass is 16.5. The molecule has 1 aromatic rings. The van der Waals surface area contributed by atoms with Gasteiger partial charge in [0.1, 0.15) is 0 Å². The van der Waals surface area contributed by atoms with Crippen molar-refractivity contribution >= 4 is 0 Å². The van der Waals surface area contributed by atoms with Crippen molar-refractivity contribution in [3.63, 3.8) is 0 Å². The summed E-state index contributed by atoms with van der Waals surface area (Å²) >= 11 is 0. The topological polar surface area (TPSA) is 57.4 Å². The highest BCUT2D eigenvalue weighted by Gasteiger charge is 2.13. The van der Waals surface area contributed by atoms with Crippen LogP contribution in [0.15, 0.2) is 30.2 Å². The molecular formula is C13H18N2O2. The molecule has 1 atom stereocenters. The lowest BCUT2D eigenvalue weighted by atomic mass is 9.97. The van der Waals surface area contributed by atoms with E-state index in [1.807, 2.05) is 24.6 Å². The smallest absolute Gasteiger partial charge is 0.212 e. The number of nitrogens with zero attached hydrogens (tertiary/aromatic N) is 1. The zero-order chi connectivity index (χ0) is 12.1. The summed E-state index contributed by atoms with van der Waals surface area (Å²) < 4.78 is 10.3. The minimum absolute atomic E-state index is 0.0190. The van der Waals surface area contributed by atoms with Crippen LogP contribution in [0.4, 0.5) is 0 Å². The Kier molecular flexibility index (Phi) is 3.98. The minimum Gasteiger partial charge on any atom is -0.501 e. The number of rotatable bonds is 4. The second kappa shape index (κ2) is 5.68. The molecule has 4 heteroatoms. The number of ether oxygens (including phenoxy) is 2. The Balaban J connectivity index is 1.97. The van der Waals surface area contributed by atoms with Crippen molar-refractivity contribution in [1.82, 2.24) is 4.98 Å². The molecule has 2 rings (SSSR count). The molecule has 2 heterocycles. The van der Waals surface area contributed by atoms with E-state index >= 15 is 0 Å². The van der Waals surface area contributed by atoms with Crippen molar-refractivity contribution in [2.75, 3.05) is 13.7 Å². The third kappa shape index (κ3) is 3.20. The van der Waals surface area contributed by atoms with Crippen LogP contribution in [-0.2, 0) is 11.2 Å². The molecule has 0 amide bonds. The number of hydrogen-bond acceptors (Lipinski definition) is 4. The lowest BCUT2D eigenvalue weighted by Gasteiger charge is -2.19. The fourth-order valence-corrected chi connectivity index (χ4v) is 1.89. The third-order valence-corrected chi connectivity index (χ3v) is 2.90. The molecule has 0 spiro atoms. The molecule has 2 N–H and O–H groups in total. The van der Waals surface area contributed by atoms with Gasteiger partial charge in [-0.3, -0.25) is 0 Å². The van der Waals surface area contributed by atoms with Crippen LogP contribution in [0.3, 0.4) is 0 Å². The Morgan fingerprint density at radius 2 is 2.41 bits per heavy atom. The molecule has 1 unspecified atom stereocenters. The maximum Gasteiger partial charge on any atom is 0.212 e. The van der Waals surface area contributed by atoms with Crippen molar-refractivity contribution in [1.29, 1.82) is 0 Å². The molecular weight excluding hydrogens is 216 g/mol. The van der Waals surface area contributed by atoms with E-state index in [1.165, 1.54) is 5.57 Å². The molecule has 1 aliphatic heterocycles. The number of aromatic nitrogens is 1. The van der Waals surface area contributed by atoms with Gasteiger partial charge in [-0.15, -0.1) is 0 Å². The van der Waals surface area contributed by atoms with E-state index in [0.717, 1.165) is 31.4 Å². The third-order valence-electron chi connectivity index (χ3n) is 2.90. The van der Waals surface area contributed by atoms with Crippen LogP contribution in [0.2, 0.25) is 0 Å². The van der Waals surface area contributed by atoms with Crippen LogP contribution in [0, 0.1) is 0 Å². The standard InChI is InChI=1S/C13H18N2O2/c1-16-13-5-4-10(8-15-13)7-12(14)11-3-2-6-17-9-11/h4-5,8-9,12H,2-3,6-7,14H2,1H3. The first-order chi connectivity index (χ1) is 8.29. The molecule has 1 aliphatic rings. The minimum atomic E-state index is 0.0190. The van der Waals surface area contributed by atoms with Gasteiger partial charge in [-0.05, 0) is 30.4 Å². The van der Waals surface area contributed by atoms with Gasteiger partial charge in [0.25, 0.3) is 0 Å². The van der Waals surface area contributed by atoms with Crippen LogP contribution >= 0.6 is 0 Å². The Bertz CT molecular complexity index is 387. The maximum absolute atomic E-state index is 6.14. The van der Waals surface area contributed by atoms with Gasteiger partial charge in [0.05, 0.1) is 20.0 Å². The van der Waals surface area contributed by atoms with Crippen LogP contribution in [0.5, 0.6) is 5.88 Å². The molecule has 0 saturated heterocycles. The van der Waals surface area contributed by atoms with Gasteiger partial charge in [-0.1, -0.05) is 6.07 Å². The molecule has 0 aromatic carbocycles. The van der Waals surface area contributed by atoms with Gasteiger partial charge >= 0.3 is 0 Å². The van der Waals surface area contributed by atoms with E-state index < -0.39 is 0 Å². The lowest BCUT2D eigenvalue weighted by molar-refractivity contribution is 0.221. The van der Waals surface area contributed by atoms with Gasteiger partial charge < -0.3 is 15.2 Å². The Labute approximate surface area is 101 Å². The fourth-order valence-electron chi connectivity index (χ4n) is 1.89. The predicted molar refractivity (Wildman–Crippen MR) is 65.7 cm³/mol. The fraction of sp³-hybridized carbons (Fsp3) is 0.462. The summed E-state index contributed by atoms with van der Waals surface area (Å²) in [5.41, 5.74) is 8.45. The van der Waals surface area contributed by atoms with E-state index in [4.69, 9.17) is 15.2 Å². The van der Waals surface area contributed by atoms with Crippen molar-refractivity contribution in [2.24, 2.45) is 5.73 Å². The summed E-state index contributed by atoms with van der Waals surface area (Å²) in [5.74, 6) is 0.627. The number of hydrogen-bond donors (Lipinski definition) is 1. The van der Waals surface area contributed by atoms with E-state index in [1.54, 1.807) is 7.11 Å². The Morgan fingerprint density at radius 3 is 3.00 bits per heavy atom. The molecule has 0 bridgehead atoms. The van der Waals surface area contributed by atoms with E-state index in [2.05, 4.69) is 4.98 Å². The second-order valence-electron chi connectivity index (χ2n) is 4.19. The summed E-state index contributed by atoms with van der Waals surface area (Å²) in [6.45, 7) is 0.806. The maximum atomic E-state index is 6.14. The average molecular weight is 234 g/mol. The van der Waals surface area contributed by atoms with Crippen molar-refractivity contribution in [3.8, 4) is 5.88 Å². The Hall–Kier alpha value is -1.55. The zero-order valence-electron chi connectivity index (χ0n) is 10.1. The first-order valence-electron chi connectivity index (χ1n) is 5.84. The van der Waals surface area contributed by atoms with Crippen molar-refractivity contribution < 1.29 is 9.47 Å². The summed E-state index contributed by atoms with van der Waals surface area (Å²) in [6.07, 6.45) is 6.49. The normalized spacial score (nSPS) is 16.9. The van der Waals surface area contributed by atoms with Crippen LogP contribution < -0.4 is 10.5 Å². The molecule has 0 saturated carbocycles. The Morgan fingerprint density at radius 1 is 1.53 bits per heavy atom. The van der Waals surface area contributed by atoms with Crippen molar-refractivity contribution in [3.05, 3.63) is 35.7 Å². The lowest BCUT2D eigenvalue weighted by Crippen LogP contribution is -2.27. The first-order valence-corrected chi connectivity index (χ1v) is 5.84. The molecule has 92 valence electrons. The highest BCUT2D eigenvalue weighted by molar-refractivity contribution is 5.21. The molecule has 4 nitrogen and oxygen atoms in total. The number of methoxy groups -OCH3 is 1. The number of pyridine rings is 1. The van der Waals surface area contributed by atoms with Crippen LogP contribution in [0.1, 0.15) is 18.4 Å². The van der Waals surface area contributed by atoms with Crippen LogP contribution in [0.25, 0.3) is 0 Å². The monoisotopic (exact) mass is 234 g/mol. The van der Waals surface area contributed by atoms with Gasteiger partial charge in [-0.2, -0.15) is 0 Å². The van der Waals surface area contributed by atoms with Gasteiger partial charge in [0, 0.05) is 18.3 Å². The average Bonchev–Trinajstić information content (AvgIpc) is 2.40. The second-order valence-corrected chi connectivity index (χ2v) is 4.19. The summed E-state index contributed by atoms with van der Waals surface area (Å²) in [7, 11) is 1.61. The number of nitrogens with two attached hydrogens (primary N) is 1. The van der Waals surface area contributed by atoms with E-state index in [9.17, 15) is 0 Å². The molecule has 0 fully saturated rings. The summed E-state index contributed by atoms with van der Waals surface area (Å²) in [5, 5.41) is 0. The molecule has 0 aliphatic carbocycles. The predicted octanol–water partition coefficient (Wildman–Crippen LogP) is 1.65. The van der Waals surface area contributed by atoms with Gasteiger partial charge in [0.15, 0.2) is 0 Å². The van der Waals surface area contributed by atoms with Gasteiger partial charge in [0.2, 0.25) is 5.88 Å². The summed E-state index contributed by atoms with van der Waals surface area (Å²) in [6, 6.07) is 3.87. The SMILES string of the molecule is COc1ccc(CC(N)C2=COCCC2)cn1. The molecule has 17 heavy (non-hydrogen) atoms. The van der Waals surface area contributed by atoms with Crippen LogP contribution in [-0.4, -0.2) is 24.7 Å². The van der Waals surface area contributed by atoms with Crippen molar-refractivity contribution in [2.45, 2.75) is 25.3 Å². The largest absolute Gasteiger partial charge is 0.501 e. The zero-order valence-corrected chi connectivity index (χ0v) is 10.1. The highest BCUT2D eigenvalue weighted by Crippen LogP contribution is 2.17. The molecule has 0 radical (unpaired) electrons. The van der Waals surface area contributed by atoms with Gasteiger partial charge in [-0.25, -0.2) is 4.98 Å². The molecule has 1 aromatic heterocycles. The van der Waals surface area contributed by atoms with E-state index in [-0.39, 0.29) is 6.04 Å². The quantitative estimate of drug-likeness (QED) is 0.860. The van der Waals surface area contributed by atoms with E-state index in [0.29, 0.717) is 5.88 Å².